The Hall–Kier alpha value is -2.48. The largest absolute Gasteiger partial charge is 0.481 e. The first-order valence-electron chi connectivity index (χ1n) is 7.03. The van der Waals surface area contributed by atoms with Crippen molar-refractivity contribution in [2.75, 3.05) is 6.54 Å². The van der Waals surface area contributed by atoms with E-state index in [-0.39, 0.29) is 6.42 Å². The molecule has 1 amide bonds. The van der Waals surface area contributed by atoms with Gasteiger partial charge >= 0.3 is 12.1 Å². The van der Waals surface area contributed by atoms with Gasteiger partial charge in [-0.1, -0.05) is 24.0 Å². The predicted molar refractivity (Wildman–Crippen MR) is 83.5 cm³/mol. The van der Waals surface area contributed by atoms with Gasteiger partial charge < -0.3 is 15.2 Å². The van der Waals surface area contributed by atoms with Crippen LogP contribution in [0.2, 0.25) is 0 Å². The van der Waals surface area contributed by atoms with Crippen molar-refractivity contribution in [3.05, 3.63) is 35.4 Å². The highest BCUT2D eigenvalue weighted by atomic mass is 16.6. The van der Waals surface area contributed by atoms with E-state index in [1.165, 1.54) is 0 Å². The molecule has 5 nitrogen and oxygen atoms in total. The van der Waals surface area contributed by atoms with Crippen LogP contribution in [0.1, 0.15) is 38.3 Å². The molecule has 0 unspecified atom stereocenters. The molecule has 1 aromatic carbocycles. The molecule has 1 rings (SSSR count). The quantitative estimate of drug-likeness (QED) is 0.662. The molecule has 0 radical (unpaired) electrons. The highest BCUT2D eigenvalue weighted by molar-refractivity contribution is 5.70. The molecule has 0 heterocycles. The lowest BCUT2D eigenvalue weighted by molar-refractivity contribution is -0.136. The first kappa shape index (κ1) is 17.6. The summed E-state index contributed by atoms with van der Waals surface area (Å²) in [4.78, 5) is 22.1. The van der Waals surface area contributed by atoms with Crippen LogP contribution in [0.25, 0.3) is 0 Å². The first-order chi connectivity index (χ1) is 10.3. The van der Waals surface area contributed by atoms with Crippen molar-refractivity contribution in [2.45, 2.75) is 39.2 Å². The Morgan fingerprint density at radius 2 is 2.05 bits per heavy atom. The van der Waals surface area contributed by atoms with Crippen LogP contribution in [0.15, 0.2) is 24.3 Å². The summed E-state index contributed by atoms with van der Waals surface area (Å²) in [6.07, 6.45) is 0.00995. The van der Waals surface area contributed by atoms with E-state index in [1.807, 2.05) is 6.07 Å². The molecule has 0 atom stereocenters. The summed E-state index contributed by atoms with van der Waals surface area (Å²) < 4.78 is 5.10. The van der Waals surface area contributed by atoms with Crippen LogP contribution in [0.4, 0.5) is 4.79 Å². The van der Waals surface area contributed by atoms with Crippen molar-refractivity contribution in [1.82, 2.24) is 5.32 Å². The normalized spacial score (nSPS) is 10.3. The average Bonchev–Trinajstić information content (AvgIpc) is 2.35. The molecule has 0 saturated carbocycles. The number of nitrogens with one attached hydrogen (secondary N) is 1. The minimum Gasteiger partial charge on any atom is -0.481 e. The van der Waals surface area contributed by atoms with Crippen LogP contribution >= 0.6 is 0 Å². The van der Waals surface area contributed by atoms with Gasteiger partial charge in [-0.2, -0.15) is 0 Å². The Balaban J connectivity index is 2.41. The van der Waals surface area contributed by atoms with Crippen LogP contribution in [0, 0.1) is 11.8 Å². The fraction of sp³-hybridized carbons (Fsp3) is 0.412. The zero-order valence-electron chi connectivity index (χ0n) is 13.1. The number of alkyl carbamates (subject to hydrolysis) is 1. The molecule has 0 aliphatic rings. The van der Waals surface area contributed by atoms with E-state index in [2.05, 4.69) is 17.2 Å². The first-order valence-corrected chi connectivity index (χ1v) is 7.03. The van der Waals surface area contributed by atoms with Gasteiger partial charge in [0.1, 0.15) is 5.60 Å². The standard InChI is InChI=1S/C17H21NO4/c1-17(2,3)22-16(21)18-10-5-4-7-13-8-6-9-14(11-13)12-15(19)20/h6,8-9,11H,5,10,12H2,1-3H3,(H,18,21)(H,19,20). The number of amides is 1. The molecule has 0 fully saturated rings. The second-order valence-corrected chi connectivity index (χ2v) is 5.75. The van der Waals surface area contributed by atoms with Crippen LogP contribution in [0.5, 0.6) is 0 Å². The van der Waals surface area contributed by atoms with Crippen molar-refractivity contribution in [3.63, 3.8) is 0 Å². The number of benzene rings is 1. The monoisotopic (exact) mass is 303 g/mol. The number of hydrogen-bond donors (Lipinski definition) is 2. The van der Waals surface area contributed by atoms with E-state index in [1.54, 1.807) is 39.0 Å². The number of hydrogen-bond acceptors (Lipinski definition) is 3. The number of carboxylic acid groups (broad SMARTS) is 1. The molecule has 0 bridgehead atoms. The van der Waals surface area contributed by atoms with Gasteiger partial charge in [0, 0.05) is 18.5 Å². The topological polar surface area (TPSA) is 75.6 Å². The lowest BCUT2D eigenvalue weighted by Gasteiger charge is -2.19. The molecule has 0 saturated heterocycles. The van der Waals surface area contributed by atoms with E-state index in [0.29, 0.717) is 18.5 Å². The minimum absolute atomic E-state index is 0.0181. The number of rotatable bonds is 4. The Morgan fingerprint density at radius 1 is 1.32 bits per heavy atom. The smallest absolute Gasteiger partial charge is 0.407 e. The van der Waals surface area contributed by atoms with Crippen LogP contribution in [0.3, 0.4) is 0 Å². The Bertz CT molecular complexity index is 591. The predicted octanol–water partition coefficient (Wildman–Crippen LogP) is 2.58. The third-order valence-corrected chi connectivity index (χ3v) is 2.43. The highest BCUT2D eigenvalue weighted by Gasteiger charge is 2.15. The van der Waals surface area contributed by atoms with Crippen molar-refractivity contribution < 1.29 is 19.4 Å². The fourth-order valence-electron chi connectivity index (χ4n) is 1.64. The van der Waals surface area contributed by atoms with Gasteiger partial charge in [0.05, 0.1) is 6.42 Å². The molecular weight excluding hydrogens is 282 g/mol. The van der Waals surface area contributed by atoms with E-state index in [4.69, 9.17) is 9.84 Å². The van der Waals surface area contributed by atoms with Crippen molar-refractivity contribution in [1.29, 1.82) is 0 Å². The molecule has 0 aliphatic carbocycles. The third-order valence-electron chi connectivity index (χ3n) is 2.43. The SMILES string of the molecule is CC(C)(C)OC(=O)NCCC#Cc1cccc(CC(=O)O)c1. The van der Waals surface area contributed by atoms with Crippen LogP contribution < -0.4 is 5.32 Å². The van der Waals surface area contributed by atoms with Gasteiger partial charge in [-0.25, -0.2) is 4.79 Å². The van der Waals surface area contributed by atoms with E-state index in [0.717, 1.165) is 5.56 Å². The Labute approximate surface area is 130 Å². The van der Waals surface area contributed by atoms with Gasteiger partial charge in [-0.05, 0) is 38.5 Å². The number of carbonyl (C=O) groups is 2. The number of carboxylic acids is 1. The molecule has 1 aromatic rings. The zero-order chi connectivity index (χ0) is 16.6. The van der Waals surface area contributed by atoms with Gasteiger partial charge in [-0.15, -0.1) is 0 Å². The second-order valence-electron chi connectivity index (χ2n) is 5.75. The minimum atomic E-state index is -0.869. The van der Waals surface area contributed by atoms with Crippen LogP contribution in [-0.4, -0.2) is 29.3 Å². The van der Waals surface area contributed by atoms with Crippen molar-refractivity contribution in [2.24, 2.45) is 0 Å². The van der Waals surface area contributed by atoms with Gasteiger partial charge in [0.15, 0.2) is 0 Å². The maximum Gasteiger partial charge on any atom is 0.407 e. The molecule has 0 aromatic heterocycles. The fourth-order valence-corrected chi connectivity index (χ4v) is 1.64. The lowest BCUT2D eigenvalue weighted by Crippen LogP contribution is -2.32. The zero-order valence-corrected chi connectivity index (χ0v) is 13.1. The highest BCUT2D eigenvalue weighted by Crippen LogP contribution is 2.06. The molecule has 2 N–H and O–H groups in total. The summed E-state index contributed by atoms with van der Waals surface area (Å²) in [5, 5.41) is 11.4. The molecule has 0 aliphatic heterocycles. The van der Waals surface area contributed by atoms with Crippen LogP contribution in [-0.2, 0) is 16.0 Å². The summed E-state index contributed by atoms with van der Waals surface area (Å²) in [5.74, 6) is 5.01. The second kappa shape index (κ2) is 8.08. The third kappa shape index (κ3) is 7.95. The van der Waals surface area contributed by atoms with E-state index < -0.39 is 17.7 Å². The molecule has 118 valence electrons. The molecule has 5 heteroatoms. The number of aliphatic carboxylic acids is 1. The maximum absolute atomic E-state index is 11.4. The molecular formula is C17H21NO4. The van der Waals surface area contributed by atoms with Gasteiger partial charge in [0.25, 0.3) is 0 Å². The number of carbonyl (C=O) groups excluding carboxylic acids is 1. The summed E-state index contributed by atoms with van der Waals surface area (Å²) in [7, 11) is 0. The summed E-state index contributed by atoms with van der Waals surface area (Å²) in [6.45, 7) is 5.81. The molecule has 22 heavy (non-hydrogen) atoms. The van der Waals surface area contributed by atoms with E-state index in [9.17, 15) is 9.59 Å². The van der Waals surface area contributed by atoms with Crippen molar-refractivity contribution >= 4 is 12.1 Å². The summed E-state index contributed by atoms with van der Waals surface area (Å²) in [5.41, 5.74) is 0.961. The van der Waals surface area contributed by atoms with E-state index >= 15 is 0 Å². The van der Waals surface area contributed by atoms with Crippen molar-refractivity contribution in [3.8, 4) is 11.8 Å². The summed E-state index contributed by atoms with van der Waals surface area (Å²) >= 11 is 0. The Kier molecular flexibility index (Phi) is 6.46. The van der Waals surface area contributed by atoms with Gasteiger partial charge in [-0.3, -0.25) is 4.79 Å². The number of ether oxygens (including phenoxy) is 1. The Morgan fingerprint density at radius 3 is 2.68 bits per heavy atom. The van der Waals surface area contributed by atoms with Gasteiger partial charge in [0.2, 0.25) is 0 Å². The molecule has 0 spiro atoms. The lowest BCUT2D eigenvalue weighted by atomic mass is 10.1. The summed E-state index contributed by atoms with van der Waals surface area (Å²) in [6, 6.07) is 7.10. The maximum atomic E-state index is 11.4. The average molecular weight is 303 g/mol.